The highest BCUT2D eigenvalue weighted by Crippen LogP contribution is 2.43. The Hall–Kier alpha value is -6.40. The summed E-state index contributed by atoms with van der Waals surface area (Å²) in [6.07, 6.45) is 0. The Bertz CT molecular complexity index is 2520. The molecule has 0 fully saturated rings. The quantitative estimate of drug-likeness (QED) is 0.134. The van der Waals surface area contributed by atoms with Crippen LogP contribution in [0.3, 0.4) is 0 Å². The number of anilines is 4. The van der Waals surface area contributed by atoms with Crippen molar-refractivity contribution in [3.8, 4) is 33.9 Å². The third kappa shape index (κ3) is 10.1. The van der Waals surface area contributed by atoms with Gasteiger partial charge >= 0.3 is 11.9 Å². The molecule has 0 spiro atoms. The first-order valence-electron chi connectivity index (χ1n) is 20.2. The van der Waals surface area contributed by atoms with E-state index in [2.05, 4.69) is 75.0 Å². The van der Waals surface area contributed by atoms with Crippen LogP contribution in [0.25, 0.3) is 33.4 Å². The molecule has 4 aromatic carbocycles. The smallest absolute Gasteiger partial charge is 0.325 e. The maximum Gasteiger partial charge on any atom is 0.325 e. The van der Waals surface area contributed by atoms with Gasteiger partial charge in [-0.2, -0.15) is 0 Å². The summed E-state index contributed by atoms with van der Waals surface area (Å²) in [5, 5.41) is 1.98. The highest BCUT2D eigenvalue weighted by Gasteiger charge is 2.25. The average molecular weight is 848 g/mol. The second-order valence-electron chi connectivity index (χ2n) is 15.3. The Morgan fingerprint density at radius 1 is 0.721 bits per heavy atom. The summed E-state index contributed by atoms with van der Waals surface area (Å²) in [5.74, 6) is 1.27. The van der Waals surface area contributed by atoms with Crippen molar-refractivity contribution in [1.82, 2.24) is 4.58 Å². The molecule has 61 heavy (non-hydrogen) atoms. The van der Waals surface area contributed by atoms with Crippen LogP contribution in [0.1, 0.15) is 5.56 Å². The van der Waals surface area contributed by atoms with Gasteiger partial charge in [0, 0.05) is 80.3 Å². The lowest BCUT2D eigenvalue weighted by Gasteiger charge is -2.33. The van der Waals surface area contributed by atoms with Crippen LogP contribution in [-0.2, 0) is 19.1 Å². The van der Waals surface area contributed by atoms with Crippen molar-refractivity contribution in [2.75, 3.05) is 114 Å². The van der Waals surface area contributed by atoms with Gasteiger partial charge in [-0.1, -0.05) is 30.3 Å². The number of halogens is 1. The number of nitrogens with zero attached hydrogens (tertiary/aromatic N) is 5. The molecule has 0 saturated carbocycles. The molecular formula is C48H54ClN5O7. The van der Waals surface area contributed by atoms with E-state index < -0.39 is 0 Å². The second kappa shape index (κ2) is 19.8. The van der Waals surface area contributed by atoms with Gasteiger partial charge in [0.1, 0.15) is 63.2 Å². The topological polar surface area (TPSA) is 100 Å². The Morgan fingerprint density at radius 3 is 1.95 bits per heavy atom. The first kappa shape index (κ1) is 44.2. The molecular weight excluding hydrogens is 794 g/mol. The molecule has 0 amide bonds. The van der Waals surface area contributed by atoms with Crippen LogP contribution in [0.5, 0.6) is 11.5 Å². The minimum absolute atomic E-state index is 0. The van der Waals surface area contributed by atoms with Crippen LogP contribution in [0.4, 0.5) is 22.7 Å². The van der Waals surface area contributed by atoms with Gasteiger partial charge in [0.15, 0.2) is 0 Å². The summed E-state index contributed by atoms with van der Waals surface area (Å²) in [4.78, 5) is 34.2. The van der Waals surface area contributed by atoms with Crippen molar-refractivity contribution < 1.29 is 45.4 Å². The third-order valence-corrected chi connectivity index (χ3v) is 10.9. The molecule has 0 bridgehead atoms. The minimum Gasteiger partial charge on any atom is -1.00 e. The molecule has 4 aromatic rings. The number of hydrogen-bond acceptors (Lipinski definition) is 11. The van der Waals surface area contributed by atoms with Gasteiger partial charge in [0.25, 0.3) is 0 Å². The summed E-state index contributed by atoms with van der Waals surface area (Å²) < 4.78 is 32.2. The molecule has 2 heterocycles. The highest BCUT2D eigenvalue weighted by atomic mass is 35.5. The SMILES string of the molecule is COC(=O)CN1CCN(c2ccccc2)CCN(CC(=O)OC)c2ccc(-c3c4ccc(=[N+](C)C)cc-4oc4cc(N(C)C)ccc34)cc2OCCOc2cc(C)ccc21.[Cl-]. The largest absolute Gasteiger partial charge is 1.00 e. The van der Waals surface area contributed by atoms with Crippen molar-refractivity contribution in [2.45, 2.75) is 6.92 Å². The van der Waals surface area contributed by atoms with Crippen LogP contribution < -0.4 is 51.4 Å². The van der Waals surface area contributed by atoms with Crippen molar-refractivity contribution in [2.24, 2.45) is 0 Å². The van der Waals surface area contributed by atoms with Crippen LogP contribution in [0, 0.1) is 6.92 Å². The number of methoxy groups -OCH3 is 2. The molecule has 0 aromatic heterocycles. The van der Waals surface area contributed by atoms with Gasteiger partial charge in [-0.15, -0.1) is 0 Å². The van der Waals surface area contributed by atoms with E-state index >= 15 is 0 Å². The second-order valence-corrected chi connectivity index (χ2v) is 15.3. The zero-order valence-corrected chi connectivity index (χ0v) is 36.7. The summed E-state index contributed by atoms with van der Waals surface area (Å²) in [6.45, 7) is 4.54. The minimum atomic E-state index is -0.373. The predicted octanol–water partition coefficient (Wildman–Crippen LogP) is 3.55. The number of hydrogen-bond donors (Lipinski definition) is 0. The van der Waals surface area contributed by atoms with Crippen LogP contribution in [-0.4, -0.2) is 107 Å². The predicted molar refractivity (Wildman–Crippen MR) is 239 cm³/mol. The number of carbonyl (C=O) groups is 2. The number of aryl methyl sites for hydroxylation is 1. The number of fused-ring (bicyclic) bond motifs is 4. The molecule has 3 aliphatic rings. The third-order valence-electron chi connectivity index (χ3n) is 10.9. The highest BCUT2D eigenvalue weighted by molar-refractivity contribution is 6.03. The molecule has 0 atom stereocenters. The number of ether oxygens (including phenoxy) is 4. The van der Waals surface area contributed by atoms with Crippen molar-refractivity contribution in [3.05, 3.63) is 114 Å². The Kier molecular flexibility index (Phi) is 14.3. The fourth-order valence-electron chi connectivity index (χ4n) is 7.58. The summed E-state index contributed by atoms with van der Waals surface area (Å²) in [5.41, 5.74) is 8.23. The molecule has 1 aliphatic carbocycles. The number of carbonyl (C=O) groups excluding carboxylic acids is 2. The zero-order valence-electron chi connectivity index (χ0n) is 35.9. The van der Waals surface area contributed by atoms with E-state index in [1.54, 1.807) is 0 Å². The standard InChI is InChI=1S/C48H54N5O7.ClH/c1-33-13-19-40-44(27-33)58-25-26-59-45-28-34(48-38-17-15-36(49(2)3)29-42(38)60-43-30-37(50(4)5)16-18-39(43)48)14-20-41(45)53(32-47(55)57-7)24-22-51(35-11-9-8-10-12-35)21-23-52(40)31-46(54)56-6;/h8-20,27-30H,21-26,31-32H2,1-7H3;1H/q+1;/p-1. The molecule has 13 heteroatoms. The number of rotatable bonds is 7. The summed E-state index contributed by atoms with van der Waals surface area (Å²) >= 11 is 0. The zero-order chi connectivity index (χ0) is 42.3. The molecule has 0 radical (unpaired) electrons. The van der Waals surface area contributed by atoms with E-state index in [4.69, 9.17) is 23.4 Å². The van der Waals surface area contributed by atoms with Crippen molar-refractivity contribution in [1.29, 1.82) is 0 Å². The van der Waals surface area contributed by atoms with E-state index in [-0.39, 0.29) is 50.6 Å². The molecule has 0 N–H and O–H groups in total. The summed E-state index contributed by atoms with van der Waals surface area (Å²) in [7, 11) is 10.9. The number of para-hydroxylation sites is 1. The number of benzene rings is 5. The first-order valence-corrected chi connectivity index (χ1v) is 20.2. The Labute approximate surface area is 363 Å². The molecule has 7 rings (SSSR count). The van der Waals surface area contributed by atoms with Gasteiger partial charge in [0.2, 0.25) is 5.36 Å². The Balaban J connectivity index is 0.00000622. The monoisotopic (exact) mass is 847 g/mol. The van der Waals surface area contributed by atoms with Crippen LogP contribution >= 0.6 is 0 Å². The first-order chi connectivity index (χ1) is 29.0. The molecule has 0 saturated heterocycles. The number of esters is 2. The lowest BCUT2D eigenvalue weighted by molar-refractivity contribution is -0.139. The summed E-state index contributed by atoms with van der Waals surface area (Å²) in [6, 6.07) is 34.8. The average Bonchev–Trinajstić information content (AvgIpc) is 3.25. The maximum atomic E-state index is 13.1. The van der Waals surface area contributed by atoms with Crippen LogP contribution in [0.15, 0.2) is 108 Å². The fraction of sp³-hybridized carbons (Fsp3) is 0.312. The van der Waals surface area contributed by atoms with Gasteiger partial charge in [-0.25, -0.2) is 4.58 Å². The van der Waals surface area contributed by atoms with Gasteiger partial charge in [-0.05, 0) is 72.6 Å². The van der Waals surface area contributed by atoms with Gasteiger partial charge in [0.05, 0.1) is 31.7 Å². The molecule has 12 nitrogen and oxygen atoms in total. The van der Waals surface area contributed by atoms with E-state index in [1.807, 2.05) is 87.4 Å². The lowest BCUT2D eigenvalue weighted by atomic mass is 9.93. The molecule has 320 valence electrons. The normalized spacial score (nSPS) is 13.4. The van der Waals surface area contributed by atoms with Crippen molar-refractivity contribution in [3.63, 3.8) is 0 Å². The van der Waals surface area contributed by atoms with Gasteiger partial charge in [-0.3, -0.25) is 9.59 Å². The van der Waals surface area contributed by atoms with E-state index in [0.717, 1.165) is 67.1 Å². The van der Waals surface area contributed by atoms with Crippen molar-refractivity contribution >= 4 is 45.7 Å². The fourth-order valence-corrected chi connectivity index (χ4v) is 7.58. The molecule has 2 aliphatic heterocycles. The Morgan fingerprint density at radius 2 is 1.34 bits per heavy atom. The van der Waals surface area contributed by atoms with Gasteiger partial charge < -0.3 is 55.4 Å². The molecule has 0 unspecified atom stereocenters. The lowest BCUT2D eigenvalue weighted by Crippen LogP contribution is -3.00. The van der Waals surface area contributed by atoms with E-state index in [9.17, 15) is 9.59 Å². The maximum absolute atomic E-state index is 13.1. The van der Waals surface area contributed by atoms with Crippen LogP contribution in [0.2, 0.25) is 0 Å². The van der Waals surface area contributed by atoms with E-state index in [0.29, 0.717) is 37.7 Å². The van der Waals surface area contributed by atoms with E-state index in [1.165, 1.54) is 14.2 Å².